The minimum Gasteiger partial charge on any atom is -0.508 e. The van der Waals surface area contributed by atoms with Crippen LogP contribution in [0.2, 0.25) is 0 Å². The minimum atomic E-state index is 0.242. The lowest BCUT2D eigenvalue weighted by atomic mass is 10.0. The molecule has 1 heterocycles. The first kappa shape index (κ1) is 14.4. The predicted molar refractivity (Wildman–Crippen MR) is 79.4 cm³/mol. The summed E-state index contributed by atoms with van der Waals surface area (Å²) < 4.78 is 0. The number of likely N-dealkylation sites (tertiary alicyclic amines) is 1. The summed E-state index contributed by atoms with van der Waals surface area (Å²) in [5.41, 5.74) is 1.01. The van der Waals surface area contributed by atoms with E-state index in [2.05, 4.69) is 24.1 Å². The third kappa shape index (κ3) is 3.71. The van der Waals surface area contributed by atoms with E-state index in [-0.39, 0.29) is 6.04 Å². The van der Waals surface area contributed by atoms with Crippen molar-refractivity contribution in [3.63, 3.8) is 0 Å². The van der Waals surface area contributed by atoms with Gasteiger partial charge in [0.1, 0.15) is 5.75 Å². The Hall–Kier alpha value is -1.06. The van der Waals surface area contributed by atoms with Crippen LogP contribution in [0.5, 0.6) is 5.75 Å². The quantitative estimate of drug-likeness (QED) is 0.827. The van der Waals surface area contributed by atoms with Crippen molar-refractivity contribution in [2.45, 2.75) is 45.2 Å². The van der Waals surface area contributed by atoms with Gasteiger partial charge in [-0.25, -0.2) is 0 Å². The van der Waals surface area contributed by atoms with Crippen LogP contribution in [0.15, 0.2) is 24.3 Å². The summed E-state index contributed by atoms with van der Waals surface area (Å²) in [6.45, 7) is 7.89. The van der Waals surface area contributed by atoms with Crippen molar-refractivity contribution in [1.29, 1.82) is 0 Å². The van der Waals surface area contributed by atoms with Crippen molar-refractivity contribution < 1.29 is 5.11 Å². The van der Waals surface area contributed by atoms with Gasteiger partial charge < -0.3 is 10.4 Å². The first-order chi connectivity index (χ1) is 9.22. The SMILES string of the molecule is CCC(NCC(C)N1CCCC1)c1ccccc1O. The maximum atomic E-state index is 9.94. The van der Waals surface area contributed by atoms with Crippen molar-refractivity contribution in [3.05, 3.63) is 29.8 Å². The summed E-state index contributed by atoms with van der Waals surface area (Å²) in [6.07, 6.45) is 3.66. The van der Waals surface area contributed by atoms with E-state index in [9.17, 15) is 5.11 Å². The van der Waals surface area contributed by atoms with Crippen molar-refractivity contribution in [2.24, 2.45) is 0 Å². The molecule has 106 valence electrons. The average molecular weight is 262 g/mol. The average Bonchev–Trinajstić information content (AvgIpc) is 2.95. The fourth-order valence-electron chi connectivity index (χ4n) is 2.88. The van der Waals surface area contributed by atoms with Gasteiger partial charge in [-0.3, -0.25) is 4.90 Å². The molecule has 0 aliphatic carbocycles. The van der Waals surface area contributed by atoms with Crippen LogP contribution < -0.4 is 5.32 Å². The van der Waals surface area contributed by atoms with E-state index >= 15 is 0 Å². The molecular formula is C16H26N2O. The molecule has 2 rings (SSSR count). The molecule has 0 bridgehead atoms. The second-order valence-electron chi connectivity index (χ2n) is 5.52. The van der Waals surface area contributed by atoms with Crippen LogP contribution in [0.3, 0.4) is 0 Å². The van der Waals surface area contributed by atoms with Gasteiger partial charge in [-0.15, -0.1) is 0 Å². The molecule has 2 unspecified atom stereocenters. The van der Waals surface area contributed by atoms with Gasteiger partial charge in [0.05, 0.1) is 0 Å². The fourth-order valence-corrected chi connectivity index (χ4v) is 2.88. The molecule has 2 N–H and O–H groups in total. The van der Waals surface area contributed by atoms with Crippen molar-refractivity contribution in [2.75, 3.05) is 19.6 Å². The highest BCUT2D eigenvalue weighted by Gasteiger charge is 2.19. The number of hydrogen-bond donors (Lipinski definition) is 2. The lowest BCUT2D eigenvalue weighted by Gasteiger charge is -2.27. The van der Waals surface area contributed by atoms with E-state index in [4.69, 9.17) is 0 Å². The Morgan fingerprint density at radius 3 is 2.58 bits per heavy atom. The second-order valence-corrected chi connectivity index (χ2v) is 5.52. The Labute approximate surface area is 116 Å². The number of benzene rings is 1. The van der Waals surface area contributed by atoms with Gasteiger partial charge in [-0.1, -0.05) is 25.1 Å². The van der Waals surface area contributed by atoms with Gasteiger partial charge >= 0.3 is 0 Å². The molecule has 3 nitrogen and oxygen atoms in total. The summed E-state index contributed by atoms with van der Waals surface area (Å²) in [6, 6.07) is 8.45. The van der Waals surface area contributed by atoms with E-state index in [1.54, 1.807) is 6.07 Å². The Kier molecular flexibility index (Phi) is 5.23. The summed E-state index contributed by atoms with van der Waals surface area (Å²) >= 11 is 0. The third-order valence-corrected chi connectivity index (χ3v) is 4.14. The molecule has 0 saturated carbocycles. The number of nitrogens with zero attached hydrogens (tertiary/aromatic N) is 1. The maximum absolute atomic E-state index is 9.94. The summed E-state index contributed by atoms with van der Waals surface area (Å²) in [4.78, 5) is 2.55. The topological polar surface area (TPSA) is 35.5 Å². The molecule has 3 heteroatoms. The van der Waals surface area contributed by atoms with Crippen LogP contribution in [-0.4, -0.2) is 35.7 Å². The molecule has 19 heavy (non-hydrogen) atoms. The predicted octanol–water partition coefficient (Wildman–Crippen LogP) is 2.92. The van der Waals surface area contributed by atoms with Gasteiger partial charge in [0.2, 0.25) is 0 Å². The van der Waals surface area contributed by atoms with Crippen LogP contribution in [0.1, 0.15) is 44.7 Å². The van der Waals surface area contributed by atoms with Crippen LogP contribution in [0.25, 0.3) is 0 Å². The van der Waals surface area contributed by atoms with Gasteiger partial charge in [-0.05, 0) is 45.3 Å². The molecule has 0 spiro atoms. The molecule has 0 amide bonds. The smallest absolute Gasteiger partial charge is 0.120 e. The zero-order valence-electron chi connectivity index (χ0n) is 12.1. The first-order valence-corrected chi connectivity index (χ1v) is 7.47. The van der Waals surface area contributed by atoms with Crippen molar-refractivity contribution in [3.8, 4) is 5.75 Å². The Morgan fingerprint density at radius 2 is 1.95 bits per heavy atom. The summed E-state index contributed by atoms with van der Waals surface area (Å²) in [7, 11) is 0. The Bertz CT molecular complexity index is 388. The number of rotatable bonds is 6. The second kappa shape index (κ2) is 6.92. The number of phenolic OH excluding ortho intramolecular Hbond substituents is 1. The molecule has 1 aromatic carbocycles. The number of nitrogens with one attached hydrogen (secondary N) is 1. The summed E-state index contributed by atoms with van der Waals surface area (Å²) in [5.74, 6) is 0.399. The zero-order valence-corrected chi connectivity index (χ0v) is 12.1. The normalized spacial score (nSPS) is 19.5. The lowest BCUT2D eigenvalue weighted by molar-refractivity contribution is 0.244. The van der Waals surface area contributed by atoms with Crippen LogP contribution in [0, 0.1) is 0 Å². The van der Waals surface area contributed by atoms with E-state index in [0.29, 0.717) is 11.8 Å². The van der Waals surface area contributed by atoms with Gasteiger partial charge in [-0.2, -0.15) is 0 Å². The molecule has 1 aliphatic heterocycles. The van der Waals surface area contributed by atoms with Gasteiger partial charge in [0, 0.05) is 24.2 Å². The van der Waals surface area contributed by atoms with Gasteiger partial charge in [0.25, 0.3) is 0 Å². The molecule has 0 radical (unpaired) electrons. The maximum Gasteiger partial charge on any atom is 0.120 e. The van der Waals surface area contributed by atoms with E-state index in [0.717, 1.165) is 18.5 Å². The standard InChI is InChI=1S/C16H26N2O/c1-3-15(14-8-4-5-9-16(14)19)17-12-13(2)18-10-6-7-11-18/h4-5,8-9,13,15,17,19H,3,6-7,10-12H2,1-2H3. The Balaban J connectivity index is 1.90. The monoisotopic (exact) mass is 262 g/mol. The van der Waals surface area contributed by atoms with Crippen LogP contribution in [0.4, 0.5) is 0 Å². The first-order valence-electron chi connectivity index (χ1n) is 7.47. The van der Waals surface area contributed by atoms with Crippen LogP contribution in [-0.2, 0) is 0 Å². The van der Waals surface area contributed by atoms with Crippen molar-refractivity contribution >= 4 is 0 Å². The Morgan fingerprint density at radius 1 is 1.26 bits per heavy atom. The highest BCUT2D eigenvalue weighted by Crippen LogP contribution is 2.25. The number of hydrogen-bond acceptors (Lipinski definition) is 3. The fraction of sp³-hybridized carbons (Fsp3) is 0.625. The highest BCUT2D eigenvalue weighted by atomic mass is 16.3. The highest BCUT2D eigenvalue weighted by molar-refractivity contribution is 5.34. The summed E-state index contributed by atoms with van der Waals surface area (Å²) in [5, 5.41) is 13.5. The third-order valence-electron chi connectivity index (χ3n) is 4.14. The van der Waals surface area contributed by atoms with E-state index in [1.165, 1.54) is 25.9 Å². The molecule has 1 saturated heterocycles. The van der Waals surface area contributed by atoms with Crippen molar-refractivity contribution in [1.82, 2.24) is 10.2 Å². The largest absolute Gasteiger partial charge is 0.508 e. The number of para-hydroxylation sites is 1. The van der Waals surface area contributed by atoms with E-state index < -0.39 is 0 Å². The van der Waals surface area contributed by atoms with Gasteiger partial charge in [0.15, 0.2) is 0 Å². The molecular weight excluding hydrogens is 236 g/mol. The molecule has 1 aliphatic rings. The van der Waals surface area contributed by atoms with Crippen LogP contribution >= 0.6 is 0 Å². The molecule has 0 aromatic heterocycles. The number of aromatic hydroxyl groups is 1. The molecule has 2 atom stereocenters. The zero-order chi connectivity index (χ0) is 13.7. The molecule has 1 aromatic rings. The number of phenols is 1. The molecule has 1 fully saturated rings. The minimum absolute atomic E-state index is 0.242. The lowest BCUT2D eigenvalue weighted by Crippen LogP contribution is -2.39. The van der Waals surface area contributed by atoms with E-state index in [1.807, 2.05) is 18.2 Å².